The zero-order chi connectivity index (χ0) is 30.2. The largest absolute Gasteiger partial charge is 0.354 e. The summed E-state index contributed by atoms with van der Waals surface area (Å²) >= 11 is 18.8. The summed E-state index contributed by atoms with van der Waals surface area (Å²) in [6.07, 6.45) is 1.99. The van der Waals surface area contributed by atoms with Gasteiger partial charge in [0.25, 0.3) is 10.0 Å². The fourth-order valence-electron chi connectivity index (χ4n) is 4.27. The van der Waals surface area contributed by atoms with E-state index in [2.05, 4.69) is 5.32 Å². The van der Waals surface area contributed by atoms with Gasteiger partial charge in [-0.05, 0) is 61.7 Å². The lowest BCUT2D eigenvalue weighted by atomic mass is 10.1. The third-order valence-corrected chi connectivity index (χ3v) is 9.39. The van der Waals surface area contributed by atoms with Gasteiger partial charge in [0, 0.05) is 13.1 Å². The topological polar surface area (TPSA) is 86.8 Å². The van der Waals surface area contributed by atoms with E-state index in [4.69, 9.17) is 34.8 Å². The number of carbonyl (C=O) groups excluding carboxylic acids is 2. The predicted octanol–water partition coefficient (Wildman–Crippen LogP) is 6.87. The number of nitrogens with one attached hydrogen (secondary N) is 1. The highest BCUT2D eigenvalue weighted by molar-refractivity contribution is 7.92. The number of hydrogen-bond donors (Lipinski definition) is 1. The van der Waals surface area contributed by atoms with E-state index >= 15 is 0 Å². The number of halogens is 3. The van der Waals surface area contributed by atoms with Crippen LogP contribution in [0.1, 0.15) is 44.2 Å². The molecule has 0 fully saturated rings. The van der Waals surface area contributed by atoms with Gasteiger partial charge in [-0.3, -0.25) is 13.9 Å². The van der Waals surface area contributed by atoms with Gasteiger partial charge in [-0.15, -0.1) is 0 Å². The number of rotatable bonds is 13. The van der Waals surface area contributed by atoms with E-state index in [9.17, 15) is 18.0 Å². The Kier molecular flexibility index (Phi) is 11.9. The molecule has 0 aliphatic carbocycles. The molecule has 3 aromatic carbocycles. The van der Waals surface area contributed by atoms with Crippen molar-refractivity contribution in [3.8, 4) is 0 Å². The van der Waals surface area contributed by atoms with Crippen LogP contribution in [-0.2, 0) is 26.2 Å². The molecule has 0 aliphatic heterocycles. The number of aryl methyl sites for hydroxylation is 1. The molecule has 0 bridgehead atoms. The molecule has 1 unspecified atom stereocenters. The van der Waals surface area contributed by atoms with Crippen molar-refractivity contribution < 1.29 is 18.0 Å². The van der Waals surface area contributed by atoms with Crippen LogP contribution in [0.3, 0.4) is 0 Å². The van der Waals surface area contributed by atoms with Crippen molar-refractivity contribution in [3.63, 3.8) is 0 Å². The minimum atomic E-state index is -4.22. The first-order chi connectivity index (χ1) is 19.5. The van der Waals surface area contributed by atoms with Gasteiger partial charge in [-0.1, -0.05) is 91.0 Å². The van der Waals surface area contributed by atoms with Crippen LogP contribution >= 0.6 is 34.8 Å². The summed E-state index contributed by atoms with van der Waals surface area (Å²) in [7, 11) is -4.22. The van der Waals surface area contributed by atoms with Crippen LogP contribution in [0.4, 0.5) is 5.69 Å². The Labute approximate surface area is 257 Å². The summed E-state index contributed by atoms with van der Waals surface area (Å²) < 4.78 is 28.8. The van der Waals surface area contributed by atoms with Gasteiger partial charge < -0.3 is 10.2 Å². The second-order valence-electron chi connectivity index (χ2n) is 9.61. The minimum Gasteiger partial charge on any atom is -0.354 e. The summed E-state index contributed by atoms with van der Waals surface area (Å²) in [5.41, 5.74) is 1.67. The van der Waals surface area contributed by atoms with Crippen molar-refractivity contribution in [2.24, 2.45) is 0 Å². The highest BCUT2D eigenvalue weighted by atomic mass is 35.5. The van der Waals surface area contributed by atoms with Crippen molar-refractivity contribution >= 4 is 62.3 Å². The third kappa shape index (κ3) is 8.38. The van der Waals surface area contributed by atoms with Crippen LogP contribution in [-0.4, -0.2) is 44.3 Å². The second-order valence-corrected chi connectivity index (χ2v) is 12.7. The van der Waals surface area contributed by atoms with Crippen molar-refractivity contribution in [3.05, 3.63) is 92.9 Å². The lowest BCUT2D eigenvalue weighted by Gasteiger charge is -2.33. The fraction of sp³-hybridized carbons (Fsp3) is 0.333. The average Bonchev–Trinajstić information content (AvgIpc) is 2.94. The van der Waals surface area contributed by atoms with E-state index in [1.165, 1.54) is 17.0 Å². The van der Waals surface area contributed by atoms with E-state index < -0.39 is 28.5 Å². The number of unbranched alkanes of at least 4 members (excludes halogenated alkanes) is 1. The van der Waals surface area contributed by atoms with E-state index in [1.54, 1.807) is 61.5 Å². The summed E-state index contributed by atoms with van der Waals surface area (Å²) in [5, 5.41) is 3.72. The molecule has 3 rings (SSSR count). The Morgan fingerprint density at radius 3 is 2.20 bits per heavy atom. The smallest absolute Gasteiger partial charge is 0.264 e. The predicted molar refractivity (Wildman–Crippen MR) is 166 cm³/mol. The molecular formula is C30H34Cl3N3O4S. The molecular weight excluding hydrogens is 605 g/mol. The van der Waals surface area contributed by atoms with Gasteiger partial charge in [-0.25, -0.2) is 8.42 Å². The van der Waals surface area contributed by atoms with E-state index in [-0.39, 0.29) is 28.1 Å². The van der Waals surface area contributed by atoms with E-state index in [0.717, 1.165) is 22.7 Å². The summed E-state index contributed by atoms with van der Waals surface area (Å²) in [4.78, 5) is 28.8. The van der Waals surface area contributed by atoms with Gasteiger partial charge >= 0.3 is 0 Å². The van der Waals surface area contributed by atoms with Crippen LogP contribution in [0.5, 0.6) is 0 Å². The Balaban J connectivity index is 2.06. The maximum absolute atomic E-state index is 14.1. The fourth-order valence-corrected chi connectivity index (χ4v) is 6.31. The monoisotopic (exact) mass is 637 g/mol. The first kappa shape index (κ1) is 32.7. The average molecular weight is 639 g/mol. The number of anilines is 1. The lowest BCUT2D eigenvalue weighted by molar-refractivity contribution is -0.140. The Hall–Kier alpha value is -2.78. The first-order valence-corrected chi connectivity index (χ1v) is 15.9. The van der Waals surface area contributed by atoms with E-state index in [1.807, 2.05) is 13.8 Å². The molecule has 41 heavy (non-hydrogen) atoms. The number of para-hydroxylation sites is 1. The molecule has 220 valence electrons. The summed E-state index contributed by atoms with van der Waals surface area (Å²) in [6.45, 7) is 5.56. The van der Waals surface area contributed by atoms with E-state index in [0.29, 0.717) is 28.6 Å². The molecule has 1 N–H and O–H groups in total. The molecule has 0 spiro atoms. The summed E-state index contributed by atoms with van der Waals surface area (Å²) in [6, 6.07) is 16.9. The van der Waals surface area contributed by atoms with Gasteiger partial charge in [0.15, 0.2) is 0 Å². The molecule has 3 aromatic rings. The molecule has 2 amide bonds. The van der Waals surface area contributed by atoms with Crippen LogP contribution < -0.4 is 9.62 Å². The maximum atomic E-state index is 14.1. The molecule has 7 nitrogen and oxygen atoms in total. The van der Waals surface area contributed by atoms with Crippen LogP contribution in [0, 0.1) is 6.92 Å². The van der Waals surface area contributed by atoms with Crippen molar-refractivity contribution in [2.75, 3.05) is 17.4 Å². The zero-order valence-corrected chi connectivity index (χ0v) is 26.3. The molecule has 11 heteroatoms. The first-order valence-electron chi connectivity index (χ1n) is 13.3. The number of sulfonamides is 1. The molecule has 0 aromatic heterocycles. The highest BCUT2D eigenvalue weighted by Crippen LogP contribution is 2.31. The normalized spacial score (nSPS) is 12.0. The van der Waals surface area contributed by atoms with Gasteiger partial charge in [0.05, 0.1) is 25.7 Å². The minimum absolute atomic E-state index is 0.0103. The highest BCUT2D eigenvalue weighted by Gasteiger charge is 2.34. The lowest BCUT2D eigenvalue weighted by Crippen LogP contribution is -2.52. The Morgan fingerprint density at radius 2 is 1.59 bits per heavy atom. The van der Waals surface area contributed by atoms with Crippen LogP contribution in [0.2, 0.25) is 15.1 Å². The Morgan fingerprint density at radius 1 is 0.902 bits per heavy atom. The number of hydrogen-bond acceptors (Lipinski definition) is 4. The van der Waals surface area contributed by atoms with Crippen LogP contribution in [0.25, 0.3) is 0 Å². The standard InChI is InChI=1S/C30H34Cl3N3O4S/c1-4-6-17-34-30(38)27(5-2)35(19-22-13-16-24(31)26(33)18-22)29(37)20-36(28-10-8-7-9-25(28)32)41(39,40)23-14-11-21(3)12-15-23/h7-16,18,27H,4-6,17,19-20H2,1-3H3,(H,34,38). The quantitative estimate of drug-likeness (QED) is 0.207. The number of carbonyl (C=O) groups is 2. The van der Waals surface area contributed by atoms with Crippen molar-refractivity contribution in [1.82, 2.24) is 10.2 Å². The molecule has 0 heterocycles. The van der Waals surface area contributed by atoms with Crippen molar-refractivity contribution in [1.29, 1.82) is 0 Å². The van der Waals surface area contributed by atoms with Crippen LogP contribution in [0.15, 0.2) is 71.6 Å². The van der Waals surface area contributed by atoms with Gasteiger partial charge in [0.2, 0.25) is 11.8 Å². The number of nitrogens with zero attached hydrogens (tertiary/aromatic N) is 2. The number of benzene rings is 3. The molecule has 0 aliphatic rings. The molecule has 1 atom stereocenters. The number of amides is 2. The Bertz CT molecular complexity index is 1470. The summed E-state index contributed by atoms with van der Waals surface area (Å²) in [5.74, 6) is -0.899. The maximum Gasteiger partial charge on any atom is 0.264 e. The molecule has 0 saturated heterocycles. The molecule has 0 saturated carbocycles. The van der Waals surface area contributed by atoms with Gasteiger partial charge in [0.1, 0.15) is 12.6 Å². The van der Waals surface area contributed by atoms with Gasteiger partial charge in [-0.2, -0.15) is 0 Å². The molecule has 0 radical (unpaired) electrons. The SMILES string of the molecule is CCCCNC(=O)C(CC)N(Cc1ccc(Cl)c(Cl)c1)C(=O)CN(c1ccccc1Cl)S(=O)(=O)c1ccc(C)cc1. The second kappa shape index (κ2) is 14.9. The third-order valence-electron chi connectivity index (χ3n) is 6.56. The zero-order valence-electron chi connectivity index (χ0n) is 23.2. The van der Waals surface area contributed by atoms with Crippen molar-refractivity contribution in [2.45, 2.75) is 57.5 Å².